The maximum Gasteiger partial charge on any atom is 0.127 e. The van der Waals surface area contributed by atoms with Gasteiger partial charge in [0.1, 0.15) is 17.4 Å². The van der Waals surface area contributed by atoms with Crippen molar-refractivity contribution in [3.05, 3.63) is 29.6 Å². The number of imidazole rings is 1. The molecule has 0 radical (unpaired) electrons. The molecular formula is C16H21ClN4. The van der Waals surface area contributed by atoms with Crippen molar-refractivity contribution in [3.8, 4) is 6.07 Å². The van der Waals surface area contributed by atoms with Gasteiger partial charge in [0, 0.05) is 6.54 Å². The predicted molar refractivity (Wildman–Crippen MR) is 86.5 cm³/mol. The average Bonchev–Trinajstić information content (AvgIpc) is 2.82. The van der Waals surface area contributed by atoms with Crippen LogP contribution in [0.5, 0.6) is 0 Å². The van der Waals surface area contributed by atoms with Gasteiger partial charge in [0.15, 0.2) is 0 Å². The smallest absolute Gasteiger partial charge is 0.127 e. The number of rotatable bonds is 6. The van der Waals surface area contributed by atoms with Crippen molar-refractivity contribution in [1.29, 1.82) is 5.26 Å². The fourth-order valence-electron chi connectivity index (χ4n) is 2.49. The SMILES string of the molecule is CC(Cl)c1nc2c(C#N)cccc2n1CCCCN(C)C. The van der Waals surface area contributed by atoms with E-state index in [1.165, 1.54) is 0 Å². The Morgan fingerprint density at radius 1 is 1.38 bits per heavy atom. The first-order chi connectivity index (χ1) is 10.0. The van der Waals surface area contributed by atoms with Crippen LogP contribution >= 0.6 is 11.6 Å². The molecule has 1 atom stereocenters. The lowest BCUT2D eigenvalue weighted by Gasteiger charge is -2.12. The van der Waals surface area contributed by atoms with Crippen LogP contribution in [-0.4, -0.2) is 35.1 Å². The molecule has 0 saturated carbocycles. The van der Waals surface area contributed by atoms with E-state index >= 15 is 0 Å². The van der Waals surface area contributed by atoms with E-state index in [-0.39, 0.29) is 5.38 Å². The third-order valence-electron chi connectivity index (χ3n) is 3.52. The Hall–Kier alpha value is -1.57. The highest BCUT2D eigenvalue weighted by molar-refractivity contribution is 6.20. The Morgan fingerprint density at radius 3 is 2.76 bits per heavy atom. The quantitative estimate of drug-likeness (QED) is 0.605. The van der Waals surface area contributed by atoms with Crippen LogP contribution in [0.25, 0.3) is 11.0 Å². The summed E-state index contributed by atoms with van der Waals surface area (Å²) in [7, 11) is 4.16. The minimum atomic E-state index is -0.169. The first kappa shape index (κ1) is 15.8. The van der Waals surface area contributed by atoms with E-state index in [1.807, 2.05) is 19.1 Å². The first-order valence-electron chi connectivity index (χ1n) is 7.22. The minimum absolute atomic E-state index is 0.169. The molecule has 1 unspecified atom stereocenters. The van der Waals surface area contributed by atoms with Crippen molar-refractivity contribution in [2.24, 2.45) is 0 Å². The van der Waals surface area contributed by atoms with Crippen LogP contribution < -0.4 is 0 Å². The van der Waals surface area contributed by atoms with E-state index < -0.39 is 0 Å². The van der Waals surface area contributed by atoms with Gasteiger partial charge in [-0.05, 0) is 52.5 Å². The molecule has 0 aliphatic rings. The summed E-state index contributed by atoms with van der Waals surface area (Å²) < 4.78 is 2.16. The number of alkyl halides is 1. The number of nitrogens with zero attached hydrogens (tertiary/aromatic N) is 4. The Bertz CT molecular complexity index is 652. The molecule has 1 aromatic carbocycles. The highest BCUT2D eigenvalue weighted by atomic mass is 35.5. The third kappa shape index (κ3) is 3.55. The predicted octanol–water partition coefficient (Wildman–Crippen LogP) is 3.55. The van der Waals surface area contributed by atoms with Gasteiger partial charge in [0.25, 0.3) is 0 Å². The normalized spacial score (nSPS) is 12.8. The number of para-hydroxylation sites is 1. The first-order valence-corrected chi connectivity index (χ1v) is 7.66. The van der Waals surface area contributed by atoms with Crippen molar-refractivity contribution in [3.63, 3.8) is 0 Å². The van der Waals surface area contributed by atoms with E-state index in [0.29, 0.717) is 5.56 Å². The van der Waals surface area contributed by atoms with Gasteiger partial charge in [-0.25, -0.2) is 4.98 Å². The fourth-order valence-corrected chi connectivity index (χ4v) is 2.66. The van der Waals surface area contributed by atoms with Gasteiger partial charge in [-0.3, -0.25) is 0 Å². The summed E-state index contributed by atoms with van der Waals surface area (Å²) in [5.41, 5.74) is 2.37. The van der Waals surface area contributed by atoms with Crippen LogP contribution in [0.2, 0.25) is 0 Å². The molecule has 0 aliphatic carbocycles. The molecule has 4 nitrogen and oxygen atoms in total. The molecule has 2 aromatic rings. The average molecular weight is 305 g/mol. The van der Waals surface area contributed by atoms with Crippen molar-refractivity contribution in [1.82, 2.24) is 14.5 Å². The van der Waals surface area contributed by atoms with E-state index in [1.54, 1.807) is 6.07 Å². The number of unbranched alkanes of at least 4 members (excludes halogenated alkanes) is 1. The summed E-state index contributed by atoms with van der Waals surface area (Å²) >= 11 is 6.26. The molecule has 0 aliphatic heterocycles. The molecule has 0 fully saturated rings. The van der Waals surface area contributed by atoms with Crippen LogP contribution in [0.4, 0.5) is 0 Å². The number of aryl methyl sites for hydroxylation is 1. The largest absolute Gasteiger partial charge is 0.327 e. The maximum absolute atomic E-state index is 9.21. The molecule has 0 spiro atoms. The summed E-state index contributed by atoms with van der Waals surface area (Å²) in [6.45, 7) is 3.87. The van der Waals surface area contributed by atoms with Crippen LogP contribution in [0.1, 0.15) is 36.5 Å². The van der Waals surface area contributed by atoms with Crippen LogP contribution in [0.15, 0.2) is 18.2 Å². The molecule has 0 saturated heterocycles. The molecule has 0 N–H and O–H groups in total. The highest BCUT2D eigenvalue weighted by Gasteiger charge is 2.16. The topological polar surface area (TPSA) is 44.9 Å². The molecule has 0 amide bonds. The Balaban J connectivity index is 2.32. The number of halogens is 1. The number of aromatic nitrogens is 2. The second-order valence-electron chi connectivity index (χ2n) is 5.53. The molecule has 112 valence electrons. The van der Waals surface area contributed by atoms with Gasteiger partial charge < -0.3 is 9.47 Å². The second kappa shape index (κ2) is 6.93. The monoisotopic (exact) mass is 304 g/mol. The van der Waals surface area contributed by atoms with Crippen LogP contribution in [-0.2, 0) is 6.54 Å². The summed E-state index contributed by atoms with van der Waals surface area (Å²) in [5, 5.41) is 9.04. The molecule has 1 aromatic heterocycles. The summed E-state index contributed by atoms with van der Waals surface area (Å²) in [5.74, 6) is 0.846. The summed E-state index contributed by atoms with van der Waals surface area (Å²) in [6, 6.07) is 7.92. The highest BCUT2D eigenvalue weighted by Crippen LogP contribution is 2.26. The molecule has 21 heavy (non-hydrogen) atoms. The van der Waals surface area contributed by atoms with Gasteiger partial charge >= 0.3 is 0 Å². The Kier molecular flexibility index (Phi) is 5.22. The van der Waals surface area contributed by atoms with Crippen molar-refractivity contribution in [2.45, 2.75) is 31.7 Å². The minimum Gasteiger partial charge on any atom is -0.327 e. The van der Waals surface area contributed by atoms with Gasteiger partial charge in [-0.2, -0.15) is 5.26 Å². The van der Waals surface area contributed by atoms with Crippen molar-refractivity contribution >= 4 is 22.6 Å². The molecule has 5 heteroatoms. The standard InChI is InChI=1S/C16H21ClN4/c1-12(17)16-19-15-13(11-18)7-6-8-14(15)21(16)10-5-4-9-20(2)3/h6-8,12H,4-5,9-10H2,1-3H3. The zero-order valence-electron chi connectivity index (χ0n) is 12.8. The zero-order valence-corrected chi connectivity index (χ0v) is 13.6. The van der Waals surface area contributed by atoms with Crippen molar-refractivity contribution in [2.75, 3.05) is 20.6 Å². The number of nitriles is 1. The molecule has 2 rings (SSSR count). The molecule has 0 bridgehead atoms. The number of hydrogen-bond donors (Lipinski definition) is 0. The maximum atomic E-state index is 9.21. The fraction of sp³-hybridized carbons (Fsp3) is 0.500. The second-order valence-corrected chi connectivity index (χ2v) is 6.19. The lowest BCUT2D eigenvalue weighted by molar-refractivity contribution is 0.387. The summed E-state index contributed by atoms with van der Waals surface area (Å²) in [6.07, 6.45) is 2.19. The van der Waals surface area contributed by atoms with E-state index in [4.69, 9.17) is 11.6 Å². The number of fused-ring (bicyclic) bond motifs is 1. The van der Waals surface area contributed by atoms with E-state index in [0.717, 1.165) is 42.8 Å². The lowest BCUT2D eigenvalue weighted by atomic mass is 10.2. The van der Waals surface area contributed by atoms with Gasteiger partial charge in [-0.15, -0.1) is 11.6 Å². The zero-order chi connectivity index (χ0) is 15.4. The van der Waals surface area contributed by atoms with Gasteiger partial charge in [0.05, 0.1) is 16.5 Å². The Labute approximate surface area is 130 Å². The van der Waals surface area contributed by atoms with E-state index in [9.17, 15) is 5.26 Å². The molecule has 1 heterocycles. The lowest BCUT2D eigenvalue weighted by Crippen LogP contribution is -2.14. The summed E-state index contributed by atoms with van der Waals surface area (Å²) in [4.78, 5) is 6.78. The Morgan fingerprint density at radius 2 is 2.14 bits per heavy atom. The van der Waals surface area contributed by atoms with Crippen LogP contribution in [0.3, 0.4) is 0 Å². The van der Waals surface area contributed by atoms with E-state index in [2.05, 4.69) is 34.6 Å². The van der Waals surface area contributed by atoms with Gasteiger partial charge in [0.2, 0.25) is 0 Å². The number of hydrogen-bond acceptors (Lipinski definition) is 3. The van der Waals surface area contributed by atoms with Crippen molar-refractivity contribution < 1.29 is 0 Å². The van der Waals surface area contributed by atoms with Crippen LogP contribution in [0, 0.1) is 11.3 Å². The molecular weight excluding hydrogens is 284 g/mol. The van der Waals surface area contributed by atoms with Gasteiger partial charge in [-0.1, -0.05) is 6.07 Å². The third-order valence-corrected chi connectivity index (χ3v) is 3.72. The number of benzene rings is 1.